The third kappa shape index (κ3) is 5.43. The van der Waals surface area contributed by atoms with Crippen LogP contribution < -0.4 is 36.3 Å². The number of hydrogen-bond donors (Lipinski definition) is 2. The summed E-state index contributed by atoms with van der Waals surface area (Å²) in [5.41, 5.74) is 11.2. The summed E-state index contributed by atoms with van der Waals surface area (Å²) < 4.78 is 0. The molecule has 0 radical (unpaired) electrons. The van der Waals surface area contributed by atoms with Crippen molar-refractivity contribution in [2.75, 3.05) is 6.54 Å². The van der Waals surface area contributed by atoms with Crippen molar-refractivity contribution in [2.24, 2.45) is 17.4 Å². The van der Waals surface area contributed by atoms with Crippen LogP contribution in [0.1, 0.15) is 19.3 Å². The second-order valence-corrected chi connectivity index (χ2v) is 2.59. The monoisotopic (exact) mass is 379 g/mol. The summed E-state index contributed by atoms with van der Waals surface area (Å²) in [4.78, 5) is 0. The summed E-state index contributed by atoms with van der Waals surface area (Å²) in [5, 5.41) is 0. The molecule has 0 heterocycles. The van der Waals surface area contributed by atoms with E-state index in [1.807, 2.05) is 0 Å². The molecule has 1 fully saturated rings. The third-order valence-electron chi connectivity index (χ3n) is 2.02. The smallest absolute Gasteiger partial charge is 1.00 e. The van der Waals surface area contributed by atoms with Crippen molar-refractivity contribution in [1.82, 2.24) is 0 Å². The van der Waals surface area contributed by atoms with Crippen molar-refractivity contribution in [3.63, 3.8) is 0 Å². The Morgan fingerprint density at radius 1 is 1.18 bits per heavy atom. The van der Waals surface area contributed by atoms with Crippen LogP contribution in [-0.4, -0.2) is 12.6 Å². The molecule has 0 aromatic rings. The quantitative estimate of drug-likeness (QED) is 0.476. The molecule has 1 saturated carbocycles. The van der Waals surface area contributed by atoms with E-state index in [1.165, 1.54) is 19.3 Å². The van der Waals surface area contributed by atoms with E-state index in [2.05, 4.69) is 0 Å². The van der Waals surface area contributed by atoms with Crippen LogP contribution in [-0.2, 0) is 21.1 Å². The molecule has 11 heavy (non-hydrogen) atoms. The molecule has 1 aliphatic carbocycles. The van der Waals surface area contributed by atoms with E-state index in [0.29, 0.717) is 12.0 Å². The van der Waals surface area contributed by atoms with Crippen molar-refractivity contribution in [2.45, 2.75) is 25.3 Å². The Bertz CT molecular complexity index is 85.0. The summed E-state index contributed by atoms with van der Waals surface area (Å²) in [5.74, 6) is 0.620. The first-order chi connectivity index (χ1) is 3.84. The molecule has 4 N–H and O–H groups in total. The van der Waals surface area contributed by atoms with Gasteiger partial charge in [0, 0.05) is 6.04 Å². The Morgan fingerprint density at radius 2 is 1.73 bits per heavy atom. The number of hydrogen-bond acceptors (Lipinski definition) is 2. The van der Waals surface area contributed by atoms with Crippen molar-refractivity contribution in [1.29, 1.82) is 0 Å². The van der Waals surface area contributed by atoms with Gasteiger partial charge >= 0.3 is 21.1 Å². The van der Waals surface area contributed by atoms with E-state index in [1.54, 1.807) is 0 Å². The van der Waals surface area contributed by atoms with Crippen LogP contribution >= 0.6 is 0 Å². The van der Waals surface area contributed by atoms with Gasteiger partial charge in [-0.1, -0.05) is 6.42 Å². The topological polar surface area (TPSA) is 52.0 Å². The maximum atomic E-state index is 5.71. The van der Waals surface area contributed by atoms with Gasteiger partial charge in [-0.3, -0.25) is 0 Å². The van der Waals surface area contributed by atoms with E-state index in [4.69, 9.17) is 11.5 Å². The van der Waals surface area contributed by atoms with E-state index in [-0.39, 0.29) is 45.9 Å². The van der Waals surface area contributed by atoms with Crippen molar-refractivity contribution < 1.29 is 45.9 Å². The fraction of sp³-hybridized carbons (Fsp3) is 1.00. The molecule has 1 aliphatic rings. The number of halogens is 2. The normalized spacial score (nSPS) is 27.8. The minimum Gasteiger partial charge on any atom is -1.00 e. The number of rotatable bonds is 1. The molecule has 1 rings (SSSR count). The maximum Gasteiger partial charge on any atom is 2.00 e. The summed E-state index contributed by atoms with van der Waals surface area (Å²) >= 11 is 0. The molecular weight excluding hydrogens is 366 g/mol. The van der Waals surface area contributed by atoms with Gasteiger partial charge in [-0.05, 0) is 25.3 Å². The van der Waals surface area contributed by atoms with E-state index in [0.717, 1.165) is 6.54 Å². The largest absolute Gasteiger partial charge is 2.00 e. The molecule has 2 atom stereocenters. The molecular formula is C6H14Cl2N2Pt. The molecule has 0 saturated heterocycles. The predicted octanol–water partition coefficient (Wildman–Crippen LogP) is -5.92. The maximum absolute atomic E-state index is 5.71. The minimum absolute atomic E-state index is 0. The standard InChI is InChI=1S/C6H14N2.2ClH.Pt/c7-4-5-2-1-3-6(5)8;;;/h5-6H,1-4,7-8H2;2*1H;/q;;;+2/p-2. The van der Waals surface area contributed by atoms with Crippen LogP contribution in [0.25, 0.3) is 0 Å². The summed E-state index contributed by atoms with van der Waals surface area (Å²) in [6.45, 7) is 0.779. The van der Waals surface area contributed by atoms with Gasteiger partial charge in [0.25, 0.3) is 0 Å². The van der Waals surface area contributed by atoms with E-state index < -0.39 is 0 Å². The zero-order chi connectivity index (χ0) is 5.98. The first-order valence-corrected chi connectivity index (χ1v) is 3.30. The van der Waals surface area contributed by atoms with Gasteiger partial charge in [0.1, 0.15) is 0 Å². The van der Waals surface area contributed by atoms with Crippen molar-refractivity contribution in [3.05, 3.63) is 0 Å². The molecule has 2 nitrogen and oxygen atoms in total. The average Bonchev–Trinajstić information content (AvgIpc) is 2.14. The molecule has 0 amide bonds. The third-order valence-corrected chi connectivity index (χ3v) is 2.02. The Morgan fingerprint density at radius 3 is 1.91 bits per heavy atom. The zero-order valence-electron chi connectivity index (χ0n) is 6.21. The Labute approximate surface area is 94.9 Å². The minimum atomic E-state index is 0. The van der Waals surface area contributed by atoms with Crippen LogP contribution in [0.5, 0.6) is 0 Å². The second-order valence-electron chi connectivity index (χ2n) is 2.59. The fourth-order valence-corrected chi connectivity index (χ4v) is 1.36. The molecule has 72 valence electrons. The predicted molar refractivity (Wildman–Crippen MR) is 34.4 cm³/mol. The van der Waals surface area contributed by atoms with Gasteiger partial charge in [0.2, 0.25) is 0 Å². The molecule has 5 heteroatoms. The molecule has 0 bridgehead atoms. The van der Waals surface area contributed by atoms with Gasteiger partial charge < -0.3 is 36.3 Å². The molecule has 0 aromatic heterocycles. The SMILES string of the molecule is NCC1CCCC1N.[Cl-].[Cl-].[Pt+2]. The van der Waals surface area contributed by atoms with Gasteiger partial charge in [-0.15, -0.1) is 0 Å². The van der Waals surface area contributed by atoms with Crippen LogP contribution in [0.4, 0.5) is 0 Å². The van der Waals surface area contributed by atoms with Gasteiger partial charge in [-0.25, -0.2) is 0 Å². The summed E-state index contributed by atoms with van der Waals surface area (Å²) in [7, 11) is 0. The van der Waals surface area contributed by atoms with E-state index in [9.17, 15) is 0 Å². The first-order valence-electron chi connectivity index (χ1n) is 3.30. The van der Waals surface area contributed by atoms with Gasteiger partial charge in [0.05, 0.1) is 0 Å². The summed E-state index contributed by atoms with van der Waals surface area (Å²) in [6, 6.07) is 0.403. The van der Waals surface area contributed by atoms with Crippen LogP contribution in [0.2, 0.25) is 0 Å². The Hall–Kier alpha value is 1.19. The van der Waals surface area contributed by atoms with Gasteiger partial charge in [0.15, 0.2) is 0 Å². The summed E-state index contributed by atoms with van der Waals surface area (Å²) in [6.07, 6.45) is 3.71. The van der Waals surface area contributed by atoms with Gasteiger partial charge in [-0.2, -0.15) is 0 Å². The van der Waals surface area contributed by atoms with E-state index >= 15 is 0 Å². The van der Waals surface area contributed by atoms with Crippen molar-refractivity contribution >= 4 is 0 Å². The molecule has 0 spiro atoms. The van der Waals surface area contributed by atoms with Crippen LogP contribution in [0.15, 0.2) is 0 Å². The van der Waals surface area contributed by atoms with Crippen molar-refractivity contribution in [3.8, 4) is 0 Å². The molecule has 0 aromatic carbocycles. The van der Waals surface area contributed by atoms with Crippen LogP contribution in [0, 0.1) is 5.92 Å². The van der Waals surface area contributed by atoms with Crippen LogP contribution in [0.3, 0.4) is 0 Å². The second kappa shape index (κ2) is 9.28. The zero-order valence-corrected chi connectivity index (χ0v) is 9.99. The number of nitrogens with two attached hydrogens (primary N) is 2. The molecule has 0 aliphatic heterocycles. The molecule has 2 unspecified atom stereocenters. The average molecular weight is 380 g/mol. The Balaban J connectivity index is -0.000000213. The Kier molecular flexibility index (Phi) is 15.2. The first kappa shape index (κ1) is 18.1. The fourth-order valence-electron chi connectivity index (χ4n) is 1.36.